The average molecular weight is 422 g/mol. The topological polar surface area (TPSA) is 85.8 Å². The molecule has 0 spiro atoms. The molecule has 1 unspecified atom stereocenters. The number of amides is 1. The van der Waals surface area contributed by atoms with Crippen molar-refractivity contribution in [3.05, 3.63) is 77.2 Å². The van der Waals surface area contributed by atoms with E-state index in [9.17, 15) is 4.79 Å². The second kappa shape index (κ2) is 9.68. The number of pyridine rings is 1. The molecule has 150 valence electrons. The van der Waals surface area contributed by atoms with Crippen LogP contribution in [-0.2, 0) is 16.9 Å². The smallest absolute Gasteiger partial charge is 0.244 e. The molecule has 1 aromatic carbocycles. The molecule has 0 aliphatic carbocycles. The van der Waals surface area contributed by atoms with Crippen molar-refractivity contribution in [3.63, 3.8) is 0 Å². The highest BCUT2D eigenvalue weighted by molar-refractivity contribution is 5.87. The summed E-state index contributed by atoms with van der Waals surface area (Å²) in [6.07, 6.45) is 1.74. The summed E-state index contributed by atoms with van der Waals surface area (Å²) in [6, 6.07) is 15.2. The number of nitrogens with one attached hydrogen (secondary N) is 1. The van der Waals surface area contributed by atoms with Gasteiger partial charge in [0, 0.05) is 18.4 Å². The van der Waals surface area contributed by atoms with Gasteiger partial charge in [0.2, 0.25) is 5.91 Å². The summed E-state index contributed by atoms with van der Waals surface area (Å²) >= 11 is 0. The number of benzene rings is 1. The number of halogens is 2. The fourth-order valence-corrected chi connectivity index (χ4v) is 2.79. The monoisotopic (exact) mass is 421 g/mol. The molecule has 0 fully saturated rings. The summed E-state index contributed by atoms with van der Waals surface area (Å²) < 4.78 is 1.80. The first-order chi connectivity index (χ1) is 12.4. The van der Waals surface area contributed by atoms with E-state index in [1.807, 2.05) is 62.4 Å². The Bertz CT molecular complexity index is 908. The third-order valence-corrected chi connectivity index (χ3v) is 4.33. The Hall–Kier alpha value is -2.41. The molecule has 0 bridgehead atoms. The third kappa shape index (κ3) is 5.10. The lowest BCUT2D eigenvalue weighted by molar-refractivity contribution is -0.126. The van der Waals surface area contributed by atoms with Crippen molar-refractivity contribution in [2.45, 2.75) is 32.9 Å². The minimum Gasteiger partial charge on any atom is -0.350 e. The van der Waals surface area contributed by atoms with Crippen LogP contribution < -0.4 is 11.1 Å². The number of aromatic nitrogens is 3. The Morgan fingerprint density at radius 1 is 1.14 bits per heavy atom. The molecule has 0 aliphatic rings. The highest BCUT2D eigenvalue weighted by Gasteiger charge is 2.29. The fourth-order valence-electron chi connectivity index (χ4n) is 2.79. The van der Waals surface area contributed by atoms with Crippen molar-refractivity contribution >= 4 is 30.7 Å². The Morgan fingerprint density at radius 3 is 2.36 bits per heavy atom. The quantitative estimate of drug-likeness (QED) is 0.661. The first-order valence-electron chi connectivity index (χ1n) is 8.49. The van der Waals surface area contributed by atoms with Gasteiger partial charge in [0.05, 0.1) is 5.69 Å². The maximum Gasteiger partial charge on any atom is 0.244 e. The van der Waals surface area contributed by atoms with E-state index in [2.05, 4.69) is 15.4 Å². The Kier molecular flexibility index (Phi) is 8.17. The second-order valence-corrected chi connectivity index (χ2v) is 6.61. The largest absolute Gasteiger partial charge is 0.350 e. The molecule has 0 radical (unpaired) electrons. The van der Waals surface area contributed by atoms with Gasteiger partial charge in [-0.3, -0.25) is 4.79 Å². The zero-order valence-electron chi connectivity index (χ0n) is 16.0. The van der Waals surface area contributed by atoms with Crippen LogP contribution in [0.5, 0.6) is 0 Å². The molecule has 6 nitrogen and oxygen atoms in total. The van der Waals surface area contributed by atoms with Crippen molar-refractivity contribution in [2.75, 3.05) is 0 Å². The van der Waals surface area contributed by atoms with E-state index >= 15 is 0 Å². The van der Waals surface area contributed by atoms with E-state index in [1.165, 1.54) is 0 Å². The number of nitrogens with zero attached hydrogens (tertiary/aromatic N) is 3. The molecule has 0 aliphatic heterocycles. The predicted octanol–water partition coefficient (Wildman–Crippen LogP) is 3.22. The van der Waals surface area contributed by atoms with E-state index in [4.69, 9.17) is 5.73 Å². The van der Waals surface area contributed by atoms with Gasteiger partial charge < -0.3 is 11.1 Å². The van der Waals surface area contributed by atoms with Crippen LogP contribution in [0.1, 0.15) is 29.4 Å². The van der Waals surface area contributed by atoms with E-state index in [0.29, 0.717) is 6.54 Å². The molecule has 28 heavy (non-hydrogen) atoms. The van der Waals surface area contributed by atoms with E-state index in [0.717, 1.165) is 28.3 Å². The summed E-state index contributed by atoms with van der Waals surface area (Å²) in [6.45, 7) is 6.01. The molecular weight excluding hydrogens is 397 g/mol. The number of nitrogens with two attached hydrogens (primary N) is 1. The standard InChI is InChI=1S/C20H23N5O.2ClH/c1-14-11-15(2)25(24-14)18-10-9-16(12-22-18)13-23-19(26)20(3,21)17-7-5-4-6-8-17;;/h4-12H,13,21H2,1-3H3,(H,23,26);2*1H. The van der Waals surface area contributed by atoms with Gasteiger partial charge in [0.25, 0.3) is 0 Å². The first-order valence-corrected chi connectivity index (χ1v) is 8.49. The molecular formula is C20H25Cl2N5O. The van der Waals surface area contributed by atoms with Gasteiger partial charge in [0.15, 0.2) is 5.82 Å². The molecule has 1 atom stereocenters. The van der Waals surface area contributed by atoms with Crippen molar-refractivity contribution < 1.29 is 4.79 Å². The summed E-state index contributed by atoms with van der Waals surface area (Å²) in [7, 11) is 0. The Balaban J connectivity index is 0.00000196. The van der Waals surface area contributed by atoms with Gasteiger partial charge in [-0.05, 0) is 44.0 Å². The van der Waals surface area contributed by atoms with Gasteiger partial charge in [0.1, 0.15) is 5.54 Å². The SMILES string of the molecule is Cc1cc(C)n(-c2ccc(CNC(=O)C(C)(N)c3ccccc3)cn2)n1.Cl.Cl. The van der Waals surface area contributed by atoms with Crippen LogP contribution in [0, 0.1) is 13.8 Å². The zero-order valence-corrected chi connectivity index (χ0v) is 17.7. The number of carbonyl (C=O) groups is 1. The van der Waals surface area contributed by atoms with Crippen molar-refractivity contribution in [2.24, 2.45) is 5.73 Å². The van der Waals surface area contributed by atoms with Gasteiger partial charge in [-0.1, -0.05) is 36.4 Å². The fraction of sp³-hybridized carbons (Fsp3) is 0.250. The minimum absolute atomic E-state index is 0. The van der Waals surface area contributed by atoms with Crippen LogP contribution in [0.2, 0.25) is 0 Å². The molecule has 2 aromatic heterocycles. The number of hydrogen-bond acceptors (Lipinski definition) is 4. The summed E-state index contributed by atoms with van der Waals surface area (Å²) in [5.74, 6) is 0.518. The minimum atomic E-state index is -1.08. The second-order valence-electron chi connectivity index (χ2n) is 6.61. The van der Waals surface area contributed by atoms with Gasteiger partial charge >= 0.3 is 0 Å². The Labute approximate surface area is 177 Å². The first kappa shape index (κ1) is 23.6. The van der Waals surface area contributed by atoms with Crippen LogP contribution in [-0.4, -0.2) is 20.7 Å². The zero-order chi connectivity index (χ0) is 18.7. The summed E-state index contributed by atoms with van der Waals surface area (Å²) in [4.78, 5) is 16.9. The number of carbonyl (C=O) groups excluding carboxylic acids is 1. The summed E-state index contributed by atoms with van der Waals surface area (Å²) in [5, 5.41) is 7.30. The lowest BCUT2D eigenvalue weighted by Gasteiger charge is -2.24. The Morgan fingerprint density at radius 2 is 1.82 bits per heavy atom. The van der Waals surface area contributed by atoms with Gasteiger partial charge in [-0.2, -0.15) is 5.10 Å². The van der Waals surface area contributed by atoms with E-state index in [1.54, 1.807) is 17.8 Å². The number of rotatable bonds is 5. The highest BCUT2D eigenvalue weighted by Crippen LogP contribution is 2.17. The van der Waals surface area contributed by atoms with Crippen LogP contribution in [0.15, 0.2) is 54.7 Å². The lowest BCUT2D eigenvalue weighted by Crippen LogP contribution is -2.48. The van der Waals surface area contributed by atoms with Crippen molar-refractivity contribution in [1.29, 1.82) is 0 Å². The molecule has 3 aromatic rings. The predicted molar refractivity (Wildman–Crippen MR) is 115 cm³/mol. The molecule has 3 N–H and O–H groups in total. The number of hydrogen-bond donors (Lipinski definition) is 2. The van der Waals surface area contributed by atoms with E-state index < -0.39 is 5.54 Å². The number of aryl methyl sites for hydroxylation is 2. The van der Waals surface area contributed by atoms with Gasteiger partial charge in [-0.15, -0.1) is 24.8 Å². The molecule has 1 amide bonds. The van der Waals surface area contributed by atoms with E-state index in [-0.39, 0.29) is 30.7 Å². The summed E-state index contributed by atoms with van der Waals surface area (Å²) in [5.41, 5.74) is 8.78. The maximum absolute atomic E-state index is 12.5. The molecule has 0 saturated carbocycles. The van der Waals surface area contributed by atoms with Gasteiger partial charge in [-0.25, -0.2) is 9.67 Å². The maximum atomic E-state index is 12.5. The third-order valence-electron chi connectivity index (χ3n) is 4.33. The molecule has 8 heteroatoms. The lowest BCUT2D eigenvalue weighted by atomic mass is 9.92. The van der Waals surface area contributed by atoms with Crippen LogP contribution in [0.4, 0.5) is 0 Å². The molecule has 0 saturated heterocycles. The van der Waals surface area contributed by atoms with Crippen LogP contribution in [0.3, 0.4) is 0 Å². The van der Waals surface area contributed by atoms with Crippen molar-refractivity contribution in [1.82, 2.24) is 20.1 Å². The molecule has 2 heterocycles. The molecule has 3 rings (SSSR count). The van der Waals surface area contributed by atoms with Crippen LogP contribution >= 0.6 is 24.8 Å². The average Bonchev–Trinajstić information content (AvgIpc) is 2.99. The van der Waals surface area contributed by atoms with Crippen molar-refractivity contribution in [3.8, 4) is 5.82 Å². The normalized spacial score (nSPS) is 12.3. The highest BCUT2D eigenvalue weighted by atomic mass is 35.5. The van der Waals surface area contributed by atoms with Crippen LogP contribution in [0.25, 0.3) is 5.82 Å².